The molecule has 0 heterocycles. The molecule has 0 bridgehead atoms. The summed E-state index contributed by atoms with van der Waals surface area (Å²) in [5.41, 5.74) is 1.65. The van der Waals surface area contributed by atoms with Crippen LogP contribution in [0.1, 0.15) is 37.5 Å². The number of benzene rings is 2. The highest BCUT2D eigenvalue weighted by Crippen LogP contribution is 2.08. The summed E-state index contributed by atoms with van der Waals surface area (Å²) in [4.78, 5) is 23.5. The molecule has 0 aliphatic heterocycles. The third kappa shape index (κ3) is 7.49. The van der Waals surface area contributed by atoms with E-state index in [9.17, 15) is 9.59 Å². The molecule has 148 valence electrons. The predicted octanol–water partition coefficient (Wildman–Crippen LogP) is 3.96. The van der Waals surface area contributed by atoms with Crippen molar-refractivity contribution in [2.24, 2.45) is 0 Å². The third-order valence-corrected chi connectivity index (χ3v) is 3.52. The number of carbonyl (C=O) groups is 2. The van der Waals surface area contributed by atoms with Crippen molar-refractivity contribution in [1.29, 1.82) is 5.41 Å². The van der Waals surface area contributed by atoms with E-state index < -0.39 is 17.8 Å². The van der Waals surface area contributed by atoms with Crippen molar-refractivity contribution in [3.63, 3.8) is 0 Å². The van der Waals surface area contributed by atoms with Gasteiger partial charge in [0.15, 0.2) is 0 Å². The van der Waals surface area contributed by atoms with Crippen molar-refractivity contribution >= 4 is 18.0 Å². The number of amidine groups is 1. The van der Waals surface area contributed by atoms with Crippen molar-refractivity contribution < 1.29 is 19.1 Å². The van der Waals surface area contributed by atoms with Gasteiger partial charge in [-0.1, -0.05) is 54.6 Å². The van der Waals surface area contributed by atoms with Gasteiger partial charge in [0, 0.05) is 12.1 Å². The Bertz CT molecular complexity index is 812. The molecule has 0 spiro atoms. The monoisotopic (exact) mass is 383 g/mol. The summed E-state index contributed by atoms with van der Waals surface area (Å²) in [6.45, 7) is 5.76. The van der Waals surface area contributed by atoms with E-state index in [4.69, 9.17) is 14.9 Å². The Hall–Kier alpha value is -3.35. The van der Waals surface area contributed by atoms with E-state index in [2.05, 4.69) is 10.6 Å². The summed E-state index contributed by atoms with van der Waals surface area (Å²) in [5.74, 6) is -0.0592. The van der Waals surface area contributed by atoms with Crippen molar-refractivity contribution in [2.45, 2.75) is 39.5 Å². The minimum Gasteiger partial charge on any atom is -0.445 e. The second kappa shape index (κ2) is 9.55. The number of carbonyl (C=O) groups excluding carboxylic acids is 2. The van der Waals surface area contributed by atoms with E-state index in [0.717, 1.165) is 11.1 Å². The van der Waals surface area contributed by atoms with Gasteiger partial charge in [-0.25, -0.2) is 9.59 Å². The first kappa shape index (κ1) is 21.0. The van der Waals surface area contributed by atoms with Crippen LogP contribution in [0.15, 0.2) is 54.6 Å². The first-order valence-electron chi connectivity index (χ1n) is 8.85. The molecular weight excluding hydrogens is 358 g/mol. The first-order chi connectivity index (χ1) is 13.2. The fourth-order valence-corrected chi connectivity index (χ4v) is 2.22. The van der Waals surface area contributed by atoms with E-state index in [0.29, 0.717) is 12.1 Å². The van der Waals surface area contributed by atoms with Crippen LogP contribution in [-0.4, -0.2) is 23.6 Å². The Morgan fingerprint density at radius 2 is 1.57 bits per heavy atom. The molecule has 2 amide bonds. The fourth-order valence-electron chi connectivity index (χ4n) is 2.22. The van der Waals surface area contributed by atoms with Gasteiger partial charge in [0.25, 0.3) is 0 Å². The maximum atomic E-state index is 11.8. The lowest BCUT2D eigenvalue weighted by Crippen LogP contribution is -2.36. The molecule has 0 atom stereocenters. The van der Waals surface area contributed by atoms with Gasteiger partial charge in [-0.15, -0.1) is 0 Å². The van der Waals surface area contributed by atoms with Gasteiger partial charge in [0.05, 0.1) is 0 Å². The SMILES string of the molecule is CC(C)(C)OC(=O)NC(=N)c1ccc(CNC(=O)OCc2ccccc2)cc1. The van der Waals surface area contributed by atoms with Crippen LogP contribution >= 0.6 is 0 Å². The molecule has 0 fully saturated rings. The maximum absolute atomic E-state index is 11.8. The fraction of sp³-hybridized carbons (Fsp3) is 0.286. The van der Waals surface area contributed by atoms with Crippen LogP contribution in [0.5, 0.6) is 0 Å². The Balaban J connectivity index is 1.78. The standard InChI is InChI=1S/C21H25N3O4/c1-21(2,3)28-20(26)24-18(22)17-11-9-15(10-12-17)13-23-19(25)27-14-16-7-5-4-6-8-16/h4-12H,13-14H2,1-3H3,(H,23,25)(H2,22,24,26). The molecule has 2 rings (SSSR count). The number of hydrogen-bond donors (Lipinski definition) is 3. The van der Waals surface area contributed by atoms with Crippen molar-refractivity contribution in [1.82, 2.24) is 10.6 Å². The first-order valence-corrected chi connectivity index (χ1v) is 8.85. The molecule has 0 saturated carbocycles. The van der Waals surface area contributed by atoms with E-state index in [1.54, 1.807) is 45.0 Å². The molecule has 2 aromatic rings. The van der Waals surface area contributed by atoms with Crippen LogP contribution in [0.3, 0.4) is 0 Å². The molecule has 0 aliphatic rings. The number of amides is 2. The lowest BCUT2D eigenvalue weighted by atomic mass is 10.1. The van der Waals surface area contributed by atoms with Crippen molar-refractivity contribution in [3.8, 4) is 0 Å². The predicted molar refractivity (Wildman–Crippen MR) is 106 cm³/mol. The lowest BCUT2D eigenvalue weighted by molar-refractivity contribution is 0.0563. The minimum absolute atomic E-state index is 0.0592. The van der Waals surface area contributed by atoms with Gasteiger partial charge in [-0.3, -0.25) is 10.7 Å². The quantitative estimate of drug-likeness (QED) is 0.537. The van der Waals surface area contributed by atoms with Crippen LogP contribution in [0.2, 0.25) is 0 Å². The highest BCUT2D eigenvalue weighted by atomic mass is 16.6. The van der Waals surface area contributed by atoms with Gasteiger partial charge in [0.1, 0.15) is 18.0 Å². The van der Waals surface area contributed by atoms with Crippen LogP contribution < -0.4 is 10.6 Å². The summed E-state index contributed by atoms with van der Waals surface area (Å²) in [6, 6.07) is 16.3. The Morgan fingerprint density at radius 1 is 0.929 bits per heavy atom. The number of hydrogen-bond acceptors (Lipinski definition) is 5. The summed E-state index contributed by atoms with van der Waals surface area (Å²) in [6.07, 6.45) is -1.18. The Kier molecular flexibility index (Phi) is 7.14. The number of nitrogens with one attached hydrogen (secondary N) is 3. The van der Waals surface area contributed by atoms with E-state index in [1.165, 1.54) is 0 Å². The van der Waals surface area contributed by atoms with Crippen molar-refractivity contribution in [3.05, 3.63) is 71.3 Å². The molecule has 2 aromatic carbocycles. The van der Waals surface area contributed by atoms with Gasteiger partial charge in [-0.2, -0.15) is 0 Å². The number of alkyl carbamates (subject to hydrolysis) is 2. The molecule has 0 unspecified atom stereocenters. The smallest absolute Gasteiger partial charge is 0.413 e. The van der Waals surface area contributed by atoms with Crippen LogP contribution in [-0.2, 0) is 22.6 Å². The summed E-state index contributed by atoms with van der Waals surface area (Å²) in [7, 11) is 0. The molecule has 28 heavy (non-hydrogen) atoms. The summed E-state index contributed by atoms with van der Waals surface area (Å²) >= 11 is 0. The average Bonchev–Trinajstić information content (AvgIpc) is 2.64. The second-order valence-electron chi connectivity index (χ2n) is 7.11. The van der Waals surface area contributed by atoms with E-state index in [1.807, 2.05) is 30.3 Å². The second-order valence-corrected chi connectivity index (χ2v) is 7.11. The minimum atomic E-state index is -0.676. The molecule has 7 heteroatoms. The molecule has 0 aliphatic carbocycles. The van der Waals surface area contributed by atoms with Crippen molar-refractivity contribution in [2.75, 3.05) is 0 Å². The van der Waals surface area contributed by atoms with E-state index in [-0.39, 0.29) is 12.4 Å². The molecule has 7 nitrogen and oxygen atoms in total. The largest absolute Gasteiger partial charge is 0.445 e. The number of rotatable bonds is 5. The maximum Gasteiger partial charge on any atom is 0.413 e. The van der Waals surface area contributed by atoms with Crippen LogP contribution in [0, 0.1) is 5.41 Å². The van der Waals surface area contributed by atoms with E-state index >= 15 is 0 Å². The highest BCUT2D eigenvalue weighted by Gasteiger charge is 2.17. The lowest BCUT2D eigenvalue weighted by Gasteiger charge is -2.19. The molecule has 0 radical (unpaired) electrons. The molecule has 0 aromatic heterocycles. The molecular formula is C21H25N3O4. The third-order valence-electron chi connectivity index (χ3n) is 3.52. The number of ether oxygens (including phenoxy) is 2. The van der Waals surface area contributed by atoms with Gasteiger partial charge >= 0.3 is 12.2 Å². The zero-order valence-corrected chi connectivity index (χ0v) is 16.2. The zero-order chi connectivity index (χ0) is 20.6. The van der Waals surface area contributed by atoms with Gasteiger partial charge in [-0.05, 0) is 31.9 Å². The zero-order valence-electron chi connectivity index (χ0n) is 16.2. The Morgan fingerprint density at radius 3 is 2.18 bits per heavy atom. The van der Waals surface area contributed by atoms with Crippen LogP contribution in [0.25, 0.3) is 0 Å². The van der Waals surface area contributed by atoms with Gasteiger partial charge < -0.3 is 14.8 Å². The normalized spacial score (nSPS) is 10.7. The highest BCUT2D eigenvalue weighted by molar-refractivity contribution is 6.04. The molecule has 0 saturated heterocycles. The topological polar surface area (TPSA) is 101 Å². The Labute approximate surface area is 164 Å². The summed E-state index contributed by atoms with van der Waals surface area (Å²) in [5, 5.41) is 13.0. The average molecular weight is 383 g/mol. The summed E-state index contributed by atoms with van der Waals surface area (Å²) < 4.78 is 10.3. The molecule has 3 N–H and O–H groups in total. The van der Waals surface area contributed by atoms with Crippen LogP contribution in [0.4, 0.5) is 9.59 Å². The van der Waals surface area contributed by atoms with Gasteiger partial charge in [0.2, 0.25) is 0 Å².